The number of aromatic nitrogens is 2. The van der Waals surface area contributed by atoms with Crippen molar-refractivity contribution in [2.24, 2.45) is 0 Å². The van der Waals surface area contributed by atoms with Crippen LogP contribution in [0.4, 0.5) is 0 Å². The molecule has 2 aromatic rings. The third-order valence-electron chi connectivity index (χ3n) is 1.34. The number of hydrogen-bond acceptors (Lipinski definition) is 4. The summed E-state index contributed by atoms with van der Waals surface area (Å²) in [6.45, 7) is 0. The van der Waals surface area contributed by atoms with Crippen LogP contribution in [0.25, 0.3) is 12.2 Å². The highest BCUT2D eigenvalue weighted by Gasteiger charge is 1.89. The van der Waals surface area contributed by atoms with E-state index in [0.29, 0.717) is 0 Å². The minimum absolute atomic E-state index is 0.924. The number of rotatable bonds is 2. The maximum atomic E-state index is 3.90. The first-order chi connectivity index (χ1) is 5.95. The van der Waals surface area contributed by atoms with Gasteiger partial charge in [-0.1, -0.05) is 10.6 Å². The fourth-order valence-corrected chi connectivity index (χ4v) is 1.84. The van der Waals surface area contributed by atoms with Crippen LogP contribution in [-0.4, -0.2) is 9.59 Å². The van der Waals surface area contributed by atoms with Gasteiger partial charge in [0.1, 0.15) is 0 Å². The van der Waals surface area contributed by atoms with E-state index in [1.165, 1.54) is 16.4 Å². The molecular weight excluding hydrogens is 188 g/mol. The first kappa shape index (κ1) is 7.64. The van der Waals surface area contributed by atoms with Gasteiger partial charge in [-0.2, -0.15) is 0 Å². The van der Waals surface area contributed by atoms with Crippen molar-refractivity contribution in [2.75, 3.05) is 0 Å². The van der Waals surface area contributed by atoms with Crippen LogP contribution in [0, 0.1) is 0 Å². The van der Waals surface area contributed by atoms with E-state index < -0.39 is 0 Å². The molecule has 0 aromatic carbocycles. The Morgan fingerprint density at radius 2 is 2.33 bits per heavy atom. The highest BCUT2D eigenvalue weighted by atomic mass is 32.1. The molecule has 2 rings (SSSR count). The van der Waals surface area contributed by atoms with Crippen molar-refractivity contribution in [3.05, 3.63) is 33.5 Å². The molecule has 60 valence electrons. The number of hydrogen-bond donors (Lipinski definition) is 0. The van der Waals surface area contributed by atoms with Crippen LogP contribution < -0.4 is 0 Å². The molecule has 12 heavy (non-hydrogen) atoms. The molecule has 0 unspecified atom stereocenters. The standard InChI is InChI=1S/C8H6N2S2/c1-2-8(11-5-1)4-3-7-6-12-10-9-7/h1-6H/b4-3-. The zero-order valence-corrected chi connectivity index (χ0v) is 7.81. The summed E-state index contributed by atoms with van der Waals surface area (Å²) in [6.07, 6.45) is 4.01. The fourth-order valence-electron chi connectivity index (χ4n) is 0.798. The van der Waals surface area contributed by atoms with Crippen LogP contribution in [0.1, 0.15) is 10.6 Å². The first-order valence-corrected chi connectivity index (χ1v) is 5.15. The van der Waals surface area contributed by atoms with Crippen molar-refractivity contribution in [1.29, 1.82) is 0 Å². The largest absolute Gasteiger partial charge is 0.144 e. The van der Waals surface area contributed by atoms with E-state index in [0.717, 1.165) is 5.69 Å². The average molecular weight is 194 g/mol. The van der Waals surface area contributed by atoms with Crippen molar-refractivity contribution in [3.63, 3.8) is 0 Å². The van der Waals surface area contributed by atoms with Crippen LogP contribution >= 0.6 is 22.9 Å². The summed E-state index contributed by atoms with van der Waals surface area (Å²) in [5.74, 6) is 0. The smallest absolute Gasteiger partial charge is 0.0982 e. The van der Waals surface area contributed by atoms with Crippen molar-refractivity contribution < 1.29 is 0 Å². The second-order valence-electron chi connectivity index (χ2n) is 2.18. The maximum absolute atomic E-state index is 3.90. The molecule has 0 aliphatic carbocycles. The summed E-state index contributed by atoms with van der Waals surface area (Å²) in [5.41, 5.74) is 0.924. The Bertz CT molecular complexity index is 312. The monoisotopic (exact) mass is 194 g/mol. The van der Waals surface area contributed by atoms with Crippen molar-refractivity contribution >= 4 is 35.0 Å². The van der Waals surface area contributed by atoms with Gasteiger partial charge in [-0.15, -0.1) is 16.4 Å². The lowest BCUT2D eigenvalue weighted by Gasteiger charge is -1.80. The topological polar surface area (TPSA) is 25.8 Å². The average Bonchev–Trinajstić information content (AvgIpc) is 2.74. The number of nitrogens with zero attached hydrogens (tertiary/aromatic N) is 2. The summed E-state index contributed by atoms with van der Waals surface area (Å²) in [7, 11) is 0. The highest BCUT2D eigenvalue weighted by molar-refractivity contribution is 7.10. The molecule has 0 fully saturated rings. The summed E-state index contributed by atoms with van der Waals surface area (Å²) < 4.78 is 3.77. The Labute approximate surface area is 78.4 Å². The molecule has 2 heterocycles. The van der Waals surface area contributed by atoms with E-state index in [4.69, 9.17) is 0 Å². The van der Waals surface area contributed by atoms with E-state index in [1.807, 2.05) is 23.6 Å². The van der Waals surface area contributed by atoms with E-state index in [-0.39, 0.29) is 0 Å². The van der Waals surface area contributed by atoms with E-state index in [2.05, 4.69) is 21.0 Å². The van der Waals surface area contributed by atoms with Crippen LogP contribution in [0.15, 0.2) is 22.9 Å². The quantitative estimate of drug-likeness (QED) is 0.734. The Kier molecular flexibility index (Phi) is 2.29. The van der Waals surface area contributed by atoms with Gasteiger partial charge in [0.2, 0.25) is 0 Å². The SMILES string of the molecule is C(=C/c1cccs1)/c1csnn1. The summed E-state index contributed by atoms with van der Waals surface area (Å²) in [6, 6.07) is 4.10. The van der Waals surface area contributed by atoms with Gasteiger partial charge in [0.05, 0.1) is 5.69 Å². The number of thiophene rings is 1. The van der Waals surface area contributed by atoms with Crippen LogP contribution in [0.5, 0.6) is 0 Å². The fraction of sp³-hybridized carbons (Fsp3) is 0. The predicted octanol–water partition coefficient (Wildman–Crippen LogP) is 2.77. The molecule has 0 bridgehead atoms. The van der Waals surface area contributed by atoms with E-state index in [1.54, 1.807) is 11.3 Å². The molecule has 2 aromatic heterocycles. The molecule has 0 saturated heterocycles. The van der Waals surface area contributed by atoms with Gasteiger partial charge in [0.15, 0.2) is 0 Å². The van der Waals surface area contributed by atoms with Gasteiger partial charge in [-0.3, -0.25) is 0 Å². The minimum atomic E-state index is 0.924. The molecule has 0 N–H and O–H groups in total. The van der Waals surface area contributed by atoms with Gasteiger partial charge >= 0.3 is 0 Å². The first-order valence-electron chi connectivity index (χ1n) is 3.44. The van der Waals surface area contributed by atoms with Gasteiger partial charge in [0, 0.05) is 10.3 Å². The molecule has 0 atom stereocenters. The second-order valence-corrected chi connectivity index (χ2v) is 3.77. The predicted molar refractivity (Wildman–Crippen MR) is 53.2 cm³/mol. The Morgan fingerprint density at radius 1 is 1.33 bits per heavy atom. The third kappa shape index (κ3) is 1.78. The van der Waals surface area contributed by atoms with Crippen LogP contribution in [0.3, 0.4) is 0 Å². The Hall–Kier alpha value is -1.00. The zero-order chi connectivity index (χ0) is 8.23. The molecular formula is C8H6N2S2. The van der Waals surface area contributed by atoms with Gasteiger partial charge in [-0.25, -0.2) is 0 Å². The van der Waals surface area contributed by atoms with Gasteiger partial charge in [-0.05, 0) is 35.1 Å². The van der Waals surface area contributed by atoms with Gasteiger partial charge < -0.3 is 0 Å². The summed E-state index contributed by atoms with van der Waals surface area (Å²) in [5, 5.41) is 7.88. The normalized spacial score (nSPS) is 11.0. The molecule has 0 aliphatic heterocycles. The van der Waals surface area contributed by atoms with E-state index in [9.17, 15) is 0 Å². The maximum Gasteiger partial charge on any atom is 0.0982 e. The van der Waals surface area contributed by atoms with Crippen molar-refractivity contribution in [3.8, 4) is 0 Å². The lowest BCUT2D eigenvalue weighted by molar-refractivity contribution is 1.14. The minimum Gasteiger partial charge on any atom is -0.144 e. The Balaban J connectivity index is 2.14. The molecule has 0 spiro atoms. The van der Waals surface area contributed by atoms with E-state index >= 15 is 0 Å². The lowest BCUT2D eigenvalue weighted by Crippen LogP contribution is -1.68. The molecule has 2 nitrogen and oxygen atoms in total. The zero-order valence-electron chi connectivity index (χ0n) is 6.18. The second kappa shape index (κ2) is 3.60. The van der Waals surface area contributed by atoms with Crippen molar-refractivity contribution in [1.82, 2.24) is 9.59 Å². The Morgan fingerprint density at radius 3 is 3.00 bits per heavy atom. The molecule has 0 radical (unpaired) electrons. The third-order valence-corrected chi connectivity index (χ3v) is 2.70. The van der Waals surface area contributed by atoms with Crippen LogP contribution in [0.2, 0.25) is 0 Å². The molecule has 4 heteroatoms. The molecule has 0 aliphatic rings. The summed E-state index contributed by atoms with van der Waals surface area (Å²) >= 11 is 3.08. The summed E-state index contributed by atoms with van der Waals surface area (Å²) in [4.78, 5) is 1.24. The van der Waals surface area contributed by atoms with Crippen LogP contribution in [-0.2, 0) is 0 Å². The highest BCUT2D eigenvalue weighted by Crippen LogP contribution is 2.12. The van der Waals surface area contributed by atoms with Gasteiger partial charge in [0.25, 0.3) is 0 Å². The molecule has 0 saturated carbocycles. The lowest BCUT2D eigenvalue weighted by atomic mass is 10.4. The van der Waals surface area contributed by atoms with Crippen molar-refractivity contribution in [2.45, 2.75) is 0 Å². The molecule has 0 amide bonds.